The lowest BCUT2D eigenvalue weighted by molar-refractivity contribution is -0.139. The molecule has 0 aliphatic carbocycles. The Morgan fingerprint density at radius 1 is 1.25 bits per heavy atom. The molecule has 2 fully saturated rings. The van der Waals surface area contributed by atoms with Crippen molar-refractivity contribution in [1.82, 2.24) is 14.4 Å². The third-order valence-corrected chi connectivity index (χ3v) is 7.76. The number of halogens is 1. The second-order valence-corrected chi connectivity index (χ2v) is 9.98. The molecule has 2 saturated heterocycles. The predicted octanol–water partition coefficient (Wildman–Crippen LogP) is 4.78. The Hall–Kier alpha value is -1.52. The number of aromatic nitrogens is 1. The van der Waals surface area contributed by atoms with E-state index < -0.39 is 0 Å². The van der Waals surface area contributed by atoms with E-state index in [0.717, 1.165) is 30.8 Å². The molecule has 5 heteroatoms. The van der Waals surface area contributed by atoms with Crippen LogP contribution in [-0.2, 0) is 17.8 Å². The number of fused-ring (bicyclic) bond motifs is 6. The number of likely N-dealkylation sites (N-methyl/N-ethyl adjacent to an activating group) is 1. The van der Waals surface area contributed by atoms with Crippen LogP contribution in [-0.4, -0.2) is 45.4 Å². The second kappa shape index (κ2) is 6.50. The third kappa shape index (κ3) is 2.72. The zero-order valence-corrected chi connectivity index (χ0v) is 17.9. The number of piperidine rings is 1. The molecule has 3 aliphatic rings. The molecule has 2 aromatic rings. The van der Waals surface area contributed by atoms with Crippen LogP contribution < -0.4 is 0 Å². The van der Waals surface area contributed by atoms with Crippen molar-refractivity contribution in [3.63, 3.8) is 0 Å². The lowest BCUT2D eigenvalue weighted by Gasteiger charge is -2.42. The maximum absolute atomic E-state index is 13.4. The Balaban J connectivity index is 1.59. The normalized spacial score (nSPS) is 26.6. The van der Waals surface area contributed by atoms with Crippen molar-refractivity contribution in [1.29, 1.82) is 0 Å². The Labute approximate surface area is 172 Å². The first-order valence-corrected chi connectivity index (χ1v) is 11.1. The van der Waals surface area contributed by atoms with E-state index in [1.54, 1.807) is 0 Å². The SMILES string of the molecule is CN1C2CCC1c1c(n(CC(=O)N3CCCCC3(C)C)c3ccc(Cl)cc13)C2. The van der Waals surface area contributed by atoms with E-state index in [0.29, 0.717) is 18.6 Å². The molecule has 150 valence electrons. The van der Waals surface area contributed by atoms with E-state index in [2.05, 4.69) is 47.4 Å². The van der Waals surface area contributed by atoms with E-state index in [4.69, 9.17) is 11.6 Å². The lowest BCUT2D eigenvalue weighted by atomic mass is 9.90. The standard InChI is InChI=1S/C23H30ClN3O/c1-23(2)10-4-5-11-27(23)21(28)14-26-18-8-6-15(24)12-17(18)22-19-9-7-16(25(19)3)13-20(22)26/h6,8,12,16,19H,4-5,7,9-11,13-14H2,1-3H3. The molecule has 1 aromatic heterocycles. The van der Waals surface area contributed by atoms with E-state index in [1.165, 1.54) is 41.4 Å². The maximum atomic E-state index is 13.4. The first-order valence-electron chi connectivity index (χ1n) is 10.7. The maximum Gasteiger partial charge on any atom is 0.242 e. The zero-order chi connectivity index (χ0) is 19.6. The van der Waals surface area contributed by atoms with Crippen LogP contribution in [0.4, 0.5) is 0 Å². The molecule has 0 N–H and O–H groups in total. The van der Waals surface area contributed by atoms with Crippen molar-refractivity contribution in [2.45, 2.75) is 76.5 Å². The molecule has 0 saturated carbocycles. The number of hydrogen-bond acceptors (Lipinski definition) is 2. The van der Waals surface area contributed by atoms with Gasteiger partial charge in [-0.05, 0) is 76.8 Å². The quantitative estimate of drug-likeness (QED) is 0.727. The Bertz CT molecular complexity index is 947. The zero-order valence-electron chi connectivity index (χ0n) is 17.2. The van der Waals surface area contributed by atoms with Crippen LogP contribution in [0.1, 0.15) is 63.3 Å². The Kier molecular flexibility index (Phi) is 4.29. The van der Waals surface area contributed by atoms with E-state index in [1.807, 2.05) is 6.07 Å². The highest BCUT2D eigenvalue weighted by Crippen LogP contribution is 2.47. The number of hydrogen-bond donors (Lipinski definition) is 0. The first-order chi connectivity index (χ1) is 13.4. The van der Waals surface area contributed by atoms with Crippen LogP contribution in [0.5, 0.6) is 0 Å². The molecule has 0 spiro atoms. The van der Waals surface area contributed by atoms with Gasteiger partial charge in [0.05, 0.1) is 0 Å². The van der Waals surface area contributed by atoms with Gasteiger partial charge in [-0.1, -0.05) is 11.6 Å². The summed E-state index contributed by atoms with van der Waals surface area (Å²) in [6, 6.07) is 7.23. The average molecular weight is 400 g/mol. The molecule has 2 unspecified atom stereocenters. The summed E-state index contributed by atoms with van der Waals surface area (Å²) in [6.45, 7) is 5.75. The molecule has 1 amide bonds. The number of likely N-dealkylation sites (tertiary alicyclic amines) is 1. The summed E-state index contributed by atoms with van der Waals surface area (Å²) >= 11 is 6.37. The van der Waals surface area contributed by atoms with E-state index in [9.17, 15) is 4.79 Å². The van der Waals surface area contributed by atoms with Gasteiger partial charge in [-0.2, -0.15) is 0 Å². The minimum atomic E-state index is -0.0408. The Morgan fingerprint density at radius 2 is 2.07 bits per heavy atom. The number of rotatable bonds is 2. The summed E-state index contributed by atoms with van der Waals surface area (Å²) < 4.78 is 2.31. The largest absolute Gasteiger partial charge is 0.336 e. The molecule has 0 radical (unpaired) electrons. The van der Waals surface area contributed by atoms with Crippen molar-refractivity contribution >= 4 is 28.4 Å². The summed E-state index contributed by atoms with van der Waals surface area (Å²) in [5.41, 5.74) is 3.91. The van der Waals surface area contributed by atoms with Gasteiger partial charge in [0.2, 0.25) is 5.91 Å². The smallest absolute Gasteiger partial charge is 0.242 e. The van der Waals surface area contributed by atoms with Gasteiger partial charge in [0.15, 0.2) is 0 Å². The highest BCUT2D eigenvalue weighted by atomic mass is 35.5. The van der Waals surface area contributed by atoms with Crippen LogP contribution in [0.3, 0.4) is 0 Å². The number of carbonyl (C=O) groups is 1. The molecule has 5 rings (SSSR count). The van der Waals surface area contributed by atoms with Gasteiger partial charge in [0, 0.05) is 52.2 Å². The summed E-state index contributed by atoms with van der Waals surface area (Å²) in [6.07, 6.45) is 6.90. The van der Waals surface area contributed by atoms with Crippen molar-refractivity contribution in [2.24, 2.45) is 0 Å². The molecule has 4 heterocycles. The summed E-state index contributed by atoms with van der Waals surface area (Å²) in [4.78, 5) is 18.0. The van der Waals surface area contributed by atoms with Gasteiger partial charge in [-0.25, -0.2) is 0 Å². The highest BCUT2D eigenvalue weighted by Gasteiger charge is 2.41. The fourth-order valence-electron chi connectivity index (χ4n) is 5.96. The molecule has 4 nitrogen and oxygen atoms in total. The van der Waals surface area contributed by atoms with Gasteiger partial charge in [-0.3, -0.25) is 9.69 Å². The van der Waals surface area contributed by atoms with E-state index in [-0.39, 0.29) is 11.4 Å². The molecular weight excluding hydrogens is 370 g/mol. The fraction of sp³-hybridized carbons (Fsp3) is 0.609. The molecule has 2 atom stereocenters. The third-order valence-electron chi connectivity index (χ3n) is 7.52. The van der Waals surface area contributed by atoms with Crippen molar-refractivity contribution < 1.29 is 4.79 Å². The van der Waals surface area contributed by atoms with Gasteiger partial charge in [-0.15, -0.1) is 0 Å². The van der Waals surface area contributed by atoms with E-state index >= 15 is 0 Å². The molecule has 2 bridgehead atoms. The Morgan fingerprint density at radius 3 is 2.86 bits per heavy atom. The van der Waals surface area contributed by atoms with Gasteiger partial charge in [0.1, 0.15) is 6.54 Å². The van der Waals surface area contributed by atoms with Crippen LogP contribution in [0.25, 0.3) is 10.9 Å². The number of benzene rings is 1. The summed E-state index contributed by atoms with van der Waals surface area (Å²) in [5, 5.41) is 2.02. The minimum absolute atomic E-state index is 0.0408. The summed E-state index contributed by atoms with van der Waals surface area (Å²) in [5.74, 6) is 0.255. The highest BCUT2D eigenvalue weighted by molar-refractivity contribution is 6.31. The fourth-order valence-corrected chi connectivity index (χ4v) is 6.13. The minimum Gasteiger partial charge on any atom is -0.336 e. The van der Waals surface area contributed by atoms with Gasteiger partial charge in [0.25, 0.3) is 0 Å². The molecule has 3 aliphatic heterocycles. The topological polar surface area (TPSA) is 28.5 Å². The van der Waals surface area contributed by atoms with Crippen LogP contribution >= 0.6 is 11.6 Å². The number of nitrogens with zero attached hydrogens (tertiary/aromatic N) is 3. The van der Waals surface area contributed by atoms with Crippen LogP contribution in [0, 0.1) is 0 Å². The van der Waals surface area contributed by atoms with Crippen molar-refractivity contribution in [2.75, 3.05) is 13.6 Å². The lowest BCUT2D eigenvalue weighted by Crippen LogP contribution is -2.51. The number of carbonyl (C=O) groups excluding carboxylic acids is 1. The monoisotopic (exact) mass is 399 g/mol. The van der Waals surface area contributed by atoms with Crippen molar-refractivity contribution in [3.8, 4) is 0 Å². The predicted molar refractivity (Wildman–Crippen MR) is 114 cm³/mol. The molecule has 28 heavy (non-hydrogen) atoms. The average Bonchev–Trinajstić information content (AvgIpc) is 3.05. The molecular formula is C23H30ClN3O. The first kappa shape index (κ1) is 18.5. The second-order valence-electron chi connectivity index (χ2n) is 9.54. The summed E-state index contributed by atoms with van der Waals surface area (Å²) in [7, 11) is 2.25. The van der Waals surface area contributed by atoms with Crippen LogP contribution in [0.15, 0.2) is 18.2 Å². The van der Waals surface area contributed by atoms with Gasteiger partial charge >= 0.3 is 0 Å². The molecule has 1 aromatic carbocycles. The van der Waals surface area contributed by atoms with Crippen molar-refractivity contribution in [3.05, 3.63) is 34.5 Å². The number of amides is 1. The van der Waals surface area contributed by atoms with Gasteiger partial charge < -0.3 is 9.47 Å². The van der Waals surface area contributed by atoms with Crippen LogP contribution in [0.2, 0.25) is 5.02 Å².